The smallest absolute Gasteiger partial charge is 0.226 e. The summed E-state index contributed by atoms with van der Waals surface area (Å²) in [5, 5.41) is 60.9. The van der Waals surface area contributed by atoms with Crippen LogP contribution in [0.3, 0.4) is 0 Å². The van der Waals surface area contributed by atoms with Gasteiger partial charge in [-0.25, -0.2) is 19.0 Å². The lowest BCUT2D eigenvalue weighted by atomic mass is 10.1. The zero-order valence-corrected chi connectivity index (χ0v) is 40.2. The van der Waals surface area contributed by atoms with Gasteiger partial charge in [0.05, 0.1) is 38.6 Å². The lowest BCUT2D eigenvalue weighted by Crippen LogP contribution is -2.33. The van der Waals surface area contributed by atoms with Crippen LogP contribution in [-0.4, -0.2) is 156 Å². The number of benzene rings is 2. The molecule has 71 heavy (non-hydrogen) atoms. The number of halogens is 3. The summed E-state index contributed by atoms with van der Waals surface area (Å²) in [6.45, 7) is 5.35. The molecule has 8 atom stereocenters. The van der Waals surface area contributed by atoms with E-state index >= 15 is 0 Å². The Kier molecular flexibility index (Phi) is 15.6. The van der Waals surface area contributed by atoms with Crippen molar-refractivity contribution in [2.75, 3.05) is 49.4 Å². The van der Waals surface area contributed by atoms with E-state index < -0.39 is 62.4 Å². The molecule has 0 aliphatic carbocycles. The third-order valence-corrected chi connectivity index (χ3v) is 12.6. The molecule has 0 spiro atoms. The third kappa shape index (κ3) is 10.7. The highest BCUT2D eigenvalue weighted by Crippen LogP contribution is 2.36. The van der Waals surface area contributed by atoms with E-state index in [4.69, 9.17) is 37.4 Å². The molecule has 7 heterocycles. The quantitative estimate of drug-likeness (QED) is 0.0441. The Balaban J connectivity index is 0.813. The molecule has 24 heteroatoms. The number of fused-ring (bicyclic) bond motifs is 2. The summed E-state index contributed by atoms with van der Waals surface area (Å²) < 4.78 is 35.0. The molecule has 5 N–H and O–H groups in total. The molecule has 2 fully saturated rings. The fourth-order valence-electron chi connectivity index (χ4n) is 8.74. The molecule has 0 amide bonds. The lowest BCUT2D eigenvalue weighted by Gasteiger charge is -2.24. The maximum atomic E-state index is 12.8. The number of imidazole rings is 2. The van der Waals surface area contributed by atoms with Crippen LogP contribution in [0.1, 0.15) is 55.8 Å². The summed E-state index contributed by atoms with van der Waals surface area (Å²) >= 11 is 12.9. The maximum Gasteiger partial charge on any atom is 0.226 e. The first-order valence-electron chi connectivity index (χ1n) is 23.1. The van der Waals surface area contributed by atoms with E-state index in [2.05, 4.69) is 59.0 Å². The van der Waals surface area contributed by atoms with Crippen molar-refractivity contribution >= 4 is 57.2 Å². The van der Waals surface area contributed by atoms with Gasteiger partial charge < -0.3 is 49.5 Å². The van der Waals surface area contributed by atoms with Gasteiger partial charge in [0.15, 0.2) is 46.4 Å². The second-order valence-electron chi connectivity index (χ2n) is 17.2. The van der Waals surface area contributed by atoms with Crippen LogP contribution >= 0.6 is 23.2 Å². The van der Waals surface area contributed by atoms with Gasteiger partial charge in [0.2, 0.25) is 10.6 Å². The number of ether oxygens (including phenoxy) is 3. The summed E-state index contributed by atoms with van der Waals surface area (Å²) in [5.41, 5.74) is 5.66. The van der Waals surface area contributed by atoms with E-state index in [1.807, 2.05) is 65.3 Å². The van der Waals surface area contributed by atoms with Crippen LogP contribution in [0.5, 0.6) is 0 Å². The van der Waals surface area contributed by atoms with Gasteiger partial charge in [0.1, 0.15) is 55.6 Å². The predicted molar refractivity (Wildman–Crippen MR) is 258 cm³/mol. The van der Waals surface area contributed by atoms with Crippen LogP contribution in [0.4, 0.5) is 16.0 Å². The molecule has 0 saturated carbocycles. The van der Waals surface area contributed by atoms with Gasteiger partial charge in [-0.1, -0.05) is 67.3 Å². The molecule has 2 aliphatic rings. The Morgan fingerprint density at radius 2 is 1.27 bits per heavy atom. The van der Waals surface area contributed by atoms with Crippen molar-refractivity contribution in [2.45, 2.75) is 95.4 Å². The van der Waals surface area contributed by atoms with Gasteiger partial charge in [-0.15, -0.1) is 5.10 Å². The molecule has 0 radical (unpaired) electrons. The molecule has 21 nitrogen and oxygen atoms in total. The normalized spacial score (nSPS) is 22.1. The van der Waals surface area contributed by atoms with E-state index in [1.54, 1.807) is 6.20 Å². The average molecular weight is 1020 g/mol. The SMILES string of the molecule is CCCN(Cc1ccc(C#CCOC[C@H]2O[C@@H](n3cnc4c(N(CCC)Cc5ccc(-c6cn(CCF)nn6)cc5)nc(Cl)nc43)[C@@H](O)[C@H]2O)cc1)c1nc(Cl)nc2c1ncn2[C@@H]1O[C@H](CO)[C@H](O)[C@@H]1O. The van der Waals surface area contributed by atoms with Crippen molar-refractivity contribution in [2.24, 2.45) is 0 Å². The van der Waals surface area contributed by atoms with Crippen molar-refractivity contribution in [3.8, 4) is 23.1 Å². The van der Waals surface area contributed by atoms with Gasteiger partial charge in [-0.05, 0) is 59.3 Å². The Morgan fingerprint density at radius 1 is 0.732 bits per heavy atom. The van der Waals surface area contributed by atoms with Crippen LogP contribution in [-0.2, 0) is 33.8 Å². The van der Waals surface area contributed by atoms with Crippen LogP contribution in [0, 0.1) is 11.8 Å². The zero-order chi connectivity index (χ0) is 49.8. The number of rotatable bonds is 19. The Bertz CT molecular complexity index is 2990. The number of anilines is 2. The highest BCUT2D eigenvalue weighted by Gasteiger charge is 2.45. The standard InChI is InChI=1S/C47H52Cl2FN13O8/c1-3-16-59(40-34-42(55-46(48)53-40)62(25-51-34)44-38(67)36(65)32(23-64)70-44)20-28-9-7-27(8-10-28)6-5-19-69-24-33-37(66)39(68)45(71-33)63-26-52-35-41(54-47(49)56-43(35)63)60(17-4-2)21-29-11-13-30(14-12-29)31-22-61(18-15-50)58-57-31/h7-14,22,25-26,32-33,36-39,44-45,64-68H,3-4,15-21,23-24H2,1-2H3/t32-,33-,36+,37+,38+,39+,44-,45-/m1/s1. The summed E-state index contributed by atoms with van der Waals surface area (Å²) in [4.78, 5) is 31.1. The lowest BCUT2D eigenvalue weighted by molar-refractivity contribution is -0.0615. The zero-order valence-electron chi connectivity index (χ0n) is 38.7. The number of alkyl halides is 1. The Labute approximate surface area is 416 Å². The molecule has 2 saturated heterocycles. The largest absolute Gasteiger partial charge is 0.394 e. The first-order chi connectivity index (χ1) is 34.5. The molecule has 0 unspecified atom stereocenters. The second kappa shape index (κ2) is 22.2. The van der Waals surface area contributed by atoms with Gasteiger partial charge in [0, 0.05) is 37.3 Å². The minimum absolute atomic E-state index is 0.0251. The van der Waals surface area contributed by atoms with Crippen molar-refractivity contribution in [3.05, 3.63) is 94.6 Å². The molecule has 2 aromatic carbocycles. The molecule has 374 valence electrons. The van der Waals surface area contributed by atoms with Crippen LogP contribution < -0.4 is 9.80 Å². The van der Waals surface area contributed by atoms with Crippen molar-refractivity contribution in [3.63, 3.8) is 0 Å². The van der Waals surface area contributed by atoms with E-state index in [9.17, 15) is 29.9 Å². The van der Waals surface area contributed by atoms with Crippen molar-refractivity contribution in [1.82, 2.24) is 54.0 Å². The minimum Gasteiger partial charge on any atom is -0.394 e. The predicted octanol–water partition coefficient (Wildman–Crippen LogP) is 3.63. The number of aliphatic hydroxyl groups is 5. The number of nitrogens with zero attached hydrogens (tertiary/aromatic N) is 13. The van der Waals surface area contributed by atoms with E-state index in [-0.39, 0.29) is 30.3 Å². The topological polar surface area (TPSA) is 253 Å². The second-order valence-corrected chi connectivity index (χ2v) is 17.8. The number of hydrogen-bond acceptors (Lipinski definition) is 18. The Morgan fingerprint density at radius 3 is 1.79 bits per heavy atom. The molecule has 7 aromatic rings. The number of aromatic nitrogens is 11. The first kappa shape index (κ1) is 50.0. The maximum absolute atomic E-state index is 12.8. The molecule has 2 aliphatic heterocycles. The van der Waals surface area contributed by atoms with E-state index in [0.29, 0.717) is 65.8 Å². The summed E-state index contributed by atoms with van der Waals surface area (Å²) in [5.74, 6) is 7.07. The summed E-state index contributed by atoms with van der Waals surface area (Å²) in [7, 11) is 0. The van der Waals surface area contributed by atoms with E-state index in [1.165, 1.54) is 26.5 Å². The number of aryl methyl sites for hydroxylation is 1. The van der Waals surface area contributed by atoms with Gasteiger partial charge >= 0.3 is 0 Å². The highest BCUT2D eigenvalue weighted by atomic mass is 35.5. The molecule has 9 rings (SSSR count). The molecular weight excluding hydrogens is 965 g/mol. The van der Waals surface area contributed by atoms with Gasteiger partial charge in [-0.3, -0.25) is 9.13 Å². The van der Waals surface area contributed by atoms with Crippen LogP contribution in [0.25, 0.3) is 33.6 Å². The minimum atomic E-state index is -1.34. The van der Waals surface area contributed by atoms with Crippen molar-refractivity contribution in [1.29, 1.82) is 0 Å². The monoisotopic (exact) mass is 1020 g/mol. The molecule has 0 bridgehead atoms. The fourth-order valence-corrected chi connectivity index (χ4v) is 9.06. The molecule has 5 aromatic heterocycles. The third-order valence-electron chi connectivity index (χ3n) is 12.2. The number of aliphatic hydroxyl groups excluding tert-OH is 5. The molecular formula is C47H52Cl2FN13O8. The fraction of sp³-hybridized carbons (Fsp3) is 0.447. The summed E-state index contributed by atoms with van der Waals surface area (Å²) in [6.07, 6.45) is -3.00. The number of hydrogen-bond donors (Lipinski definition) is 5. The van der Waals surface area contributed by atoms with Gasteiger partial charge in [-0.2, -0.15) is 19.9 Å². The average Bonchev–Trinajstić information content (AvgIpc) is 4.21. The first-order valence-corrected chi connectivity index (χ1v) is 23.9. The highest BCUT2D eigenvalue weighted by molar-refractivity contribution is 6.29. The Hall–Kier alpha value is -5.97. The van der Waals surface area contributed by atoms with E-state index in [0.717, 1.165) is 35.1 Å². The van der Waals surface area contributed by atoms with Crippen LogP contribution in [0.15, 0.2) is 67.4 Å². The van der Waals surface area contributed by atoms with Gasteiger partial charge in [0.25, 0.3) is 0 Å². The summed E-state index contributed by atoms with van der Waals surface area (Å²) in [6, 6.07) is 15.5. The van der Waals surface area contributed by atoms with Crippen LogP contribution in [0.2, 0.25) is 10.6 Å². The van der Waals surface area contributed by atoms with Crippen molar-refractivity contribution < 1.29 is 44.1 Å².